The lowest BCUT2D eigenvalue weighted by Gasteiger charge is -2.24. The number of sulfone groups is 1. The number of carbonyl (C=O) groups is 1. The van der Waals surface area contributed by atoms with E-state index in [2.05, 4.69) is 29.2 Å². The molecule has 0 bridgehead atoms. The maximum Gasteiger partial charge on any atom is 0.159 e. The summed E-state index contributed by atoms with van der Waals surface area (Å²) in [6, 6.07) is 31.9. The van der Waals surface area contributed by atoms with Gasteiger partial charge in [-0.3, -0.25) is 9.78 Å². The van der Waals surface area contributed by atoms with Crippen LogP contribution in [0.5, 0.6) is 0 Å². The lowest BCUT2D eigenvalue weighted by molar-refractivity contribution is 0.101. The van der Waals surface area contributed by atoms with E-state index in [0.29, 0.717) is 5.56 Å². The minimum atomic E-state index is -3.36. The third-order valence-electron chi connectivity index (χ3n) is 7.34. The first kappa shape index (κ1) is 25.6. The van der Waals surface area contributed by atoms with E-state index in [9.17, 15) is 13.2 Å². The second-order valence-electron chi connectivity index (χ2n) is 10.1. The molecule has 4 nitrogen and oxygen atoms in total. The van der Waals surface area contributed by atoms with Gasteiger partial charge >= 0.3 is 0 Å². The SMILES string of the molecule is CC(=O)c1ccc(-c2ccccc2-c2cccc(-c3cc(C(C)(C)S(C)(=O)=O)cc4cccnc34)c2)cc1. The zero-order valence-corrected chi connectivity index (χ0v) is 22.7. The molecule has 0 spiro atoms. The Morgan fingerprint density at radius 3 is 1.97 bits per heavy atom. The predicted octanol–water partition coefficient (Wildman–Crippen LogP) is 7.72. The Kier molecular flexibility index (Phi) is 6.49. The van der Waals surface area contributed by atoms with Crippen LogP contribution in [-0.4, -0.2) is 25.4 Å². The lowest BCUT2D eigenvalue weighted by Crippen LogP contribution is -2.28. The number of carbonyl (C=O) groups excluding carboxylic acids is 1. The van der Waals surface area contributed by atoms with Gasteiger partial charge in [0.05, 0.1) is 10.3 Å². The Hall–Kier alpha value is -4.09. The van der Waals surface area contributed by atoms with Gasteiger partial charge in [0.2, 0.25) is 0 Å². The van der Waals surface area contributed by atoms with Gasteiger partial charge in [0.1, 0.15) is 0 Å². The van der Waals surface area contributed by atoms with E-state index < -0.39 is 14.6 Å². The molecule has 5 aromatic rings. The lowest BCUT2D eigenvalue weighted by atomic mass is 9.90. The van der Waals surface area contributed by atoms with Crippen LogP contribution in [0, 0.1) is 0 Å². The normalized spacial score (nSPS) is 12.0. The van der Waals surface area contributed by atoms with Crippen LogP contribution in [-0.2, 0) is 14.6 Å². The van der Waals surface area contributed by atoms with Gasteiger partial charge in [-0.05, 0) is 78.4 Å². The first-order chi connectivity index (χ1) is 18.1. The van der Waals surface area contributed by atoms with Gasteiger partial charge in [-0.15, -0.1) is 0 Å². The highest BCUT2D eigenvalue weighted by atomic mass is 32.2. The summed E-state index contributed by atoms with van der Waals surface area (Å²) in [7, 11) is -3.36. The molecule has 0 aliphatic heterocycles. The van der Waals surface area contributed by atoms with Gasteiger partial charge < -0.3 is 0 Å². The molecule has 0 saturated heterocycles. The van der Waals surface area contributed by atoms with E-state index in [1.807, 2.05) is 72.8 Å². The number of hydrogen-bond donors (Lipinski definition) is 0. The van der Waals surface area contributed by atoms with Crippen molar-refractivity contribution in [1.82, 2.24) is 4.98 Å². The Balaban J connectivity index is 1.68. The summed E-state index contributed by atoms with van der Waals surface area (Å²) < 4.78 is 24.3. The van der Waals surface area contributed by atoms with Crippen LogP contribution in [0.4, 0.5) is 0 Å². The van der Waals surface area contributed by atoms with E-state index in [1.165, 1.54) is 6.26 Å². The molecule has 5 heteroatoms. The Morgan fingerprint density at radius 2 is 1.34 bits per heavy atom. The van der Waals surface area contributed by atoms with Gasteiger partial charge in [0.15, 0.2) is 15.6 Å². The monoisotopic (exact) mass is 519 g/mol. The molecule has 0 radical (unpaired) electrons. The molecule has 190 valence electrons. The molecule has 38 heavy (non-hydrogen) atoms. The topological polar surface area (TPSA) is 64.1 Å². The summed E-state index contributed by atoms with van der Waals surface area (Å²) in [5.74, 6) is 0.0413. The first-order valence-electron chi connectivity index (χ1n) is 12.5. The van der Waals surface area contributed by atoms with E-state index in [-0.39, 0.29) is 5.78 Å². The highest BCUT2D eigenvalue weighted by Gasteiger charge is 2.33. The van der Waals surface area contributed by atoms with Crippen molar-refractivity contribution < 1.29 is 13.2 Å². The van der Waals surface area contributed by atoms with Crippen LogP contribution in [0.25, 0.3) is 44.3 Å². The van der Waals surface area contributed by atoms with Crippen LogP contribution >= 0.6 is 0 Å². The molecule has 4 aromatic carbocycles. The number of Topliss-reactive ketones (excluding diaryl/α,β-unsaturated/α-hetero) is 1. The fourth-order valence-corrected chi connectivity index (χ4v) is 5.25. The molecule has 0 atom stereocenters. The molecule has 0 N–H and O–H groups in total. The molecular formula is C33H29NO3S. The van der Waals surface area contributed by atoms with Crippen LogP contribution in [0.1, 0.15) is 36.7 Å². The van der Waals surface area contributed by atoms with Gasteiger partial charge in [0.25, 0.3) is 0 Å². The molecule has 0 fully saturated rings. The zero-order valence-electron chi connectivity index (χ0n) is 21.9. The van der Waals surface area contributed by atoms with Crippen molar-refractivity contribution in [3.8, 4) is 33.4 Å². The highest BCUT2D eigenvalue weighted by molar-refractivity contribution is 7.91. The Morgan fingerprint density at radius 1 is 0.711 bits per heavy atom. The van der Waals surface area contributed by atoms with E-state index in [0.717, 1.165) is 49.8 Å². The van der Waals surface area contributed by atoms with Crippen molar-refractivity contribution in [3.05, 3.63) is 114 Å². The fourth-order valence-electron chi connectivity index (χ4n) is 4.70. The maximum atomic E-state index is 12.7. The number of aromatic nitrogens is 1. The number of hydrogen-bond acceptors (Lipinski definition) is 4. The smallest absolute Gasteiger partial charge is 0.159 e. The molecule has 1 heterocycles. The second kappa shape index (κ2) is 9.66. The summed E-state index contributed by atoms with van der Waals surface area (Å²) in [5.41, 5.74) is 8.27. The first-order valence-corrected chi connectivity index (χ1v) is 14.4. The third-order valence-corrected chi connectivity index (χ3v) is 9.43. The van der Waals surface area contributed by atoms with Gasteiger partial charge in [-0.2, -0.15) is 0 Å². The molecule has 0 amide bonds. The molecular weight excluding hydrogens is 490 g/mol. The van der Waals surface area contributed by atoms with Crippen LogP contribution < -0.4 is 0 Å². The largest absolute Gasteiger partial charge is 0.295 e. The molecule has 5 rings (SSSR count). The van der Waals surface area contributed by atoms with E-state index in [4.69, 9.17) is 0 Å². The highest BCUT2D eigenvalue weighted by Crippen LogP contribution is 2.39. The predicted molar refractivity (Wildman–Crippen MR) is 156 cm³/mol. The van der Waals surface area contributed by atoms with Crippen LogP contribution in [0.3, 0.4) is 0 Å². The van der Waals surface area contributed by atoms with E-state index >= 15 is 0 Å². The van der Waals surface area contributed by atoms with E-state index in [1.54, 1.807) is 27.0 Å². The van der Waals surface area contributed by atoms with Crippen molar-refractivity contribution in [2.45, 2.75) is 25.5 Å². The van der Waals surface area contributed by atoms with Gasteiger partial charge in [-0.25, -0.2) is 8.42 Å². The van der Waals surface area contributed by atoms with Crippen molar-refractivity contribution in [2.24, 2.45) is 0 Å². The molecule has 0 aliphatic carbocycles. The van der Waals surface area contributed by atoms with Crippen molar-refractivity contribution in [3.63, 3.8) is 0 Å². The summed E-state index contributed by atoms with van der Waals surface area (Å²) >= 11 is 0. The second-order valence-corrected chi connectivity index (χ2v) is 12.7. The maximum absolute atomic E-state index is 12.7. The van der Waals surface area contributed by atoms with Gasteiger partial charge in [0, 0.05) is 29.0 Å². The Bertz CT molecular complexity index is 1790. The van der Waals surface area contributed by atoms with Crippen molar-refractivity contribution in [1.29, 1.82) is 0 Å². The summed E-state index contributed by atoms with van der Waals surface area (Å²) in [6.45, 7) is 5.06. The number of rotatable bonds is 6. The number of pyridine rings is 1. The zero-order chi connectivity index (χ0) is 27.1. The fraction of sp³-hybridized carbons (Fsp3) is 0.152. The molecule has 1 aromatic heterocycles. The quantitative estimate of drug-likeness (QED) is 0.215. The number of fused-ring (bicyclic) bond motifs is 1. The van der Waals surface area contributed by atoms with Crippen LogP contribution in [0.2, 0.25) is 0 Å². The average molecular weight is 520 g/mol. The molecule has 0 unspecified atom stereocenters. The third kappa shape index (κ3) is 4.66. The number of nitrogens with zero attached hydrogens (tertiary/aromatic N) is 1. The number of benzene rings is 4. The molecule has 0 aliphatic rings. The summed E-state index contributed by atoms with van der Waals surface area (Å²) in [5, 5.41) is 0.896. The Labute approximate surface area is 223 Å². The van der Waals surface area contributed by atoms with Crippen LogP contribution in [0.15, 0.2) is 103 Å². The number of ketones is 1. The van der Waals surface area contributed by atoms with Crippen molar-refractivity contribution in [2.75, 3.05) is 6.26 Å². The minimum Gasteiger partial charge on any atom is -0.295 e. The summed E-state index contributed by atoms with van der Waals surface area (Å²) in [6.07, 6.45) is 3.04. The summed E-state index contributed by atoms with van der Waals surface area (Å²) in [4.78, 5) is 16.4. The van der Waals surface area contributed by atoms with Crippen molar-refractivity contribution >= 4 is 26.5 Å². The average Bonchev–Trinajstić information content (AvgIpc) is 2.92. The standard InChI is InChI=1S/C33H29NO3S/c1-22(35)23-14-16-24(17-15-23)29-12-5-6-13-30(29)25-9-7-10-26(19-25)31-21-28(33(2,3)38(4,36)37)20-27-11-8-18-34-32(27)31/h5-21H,1-4H3. The molecule has 0 saturated carbocycles. The minimum absolute atomic E-state index is 0.0413. The van der Waals surface area contributed by atoms with Gasteiger partial charge in [-0.1, -0.05) is 72.8 Å².